The van der Waals surface area contributed by atoms with Crippen LogP contribution >= 0.6 is 0 Å². The second-order valence-electron chi connectivity index (χ2n) is 6.67. The first-order chi connectivity index (χ1) is 9.06. The SMILES string of the molecule is CCCCCCC(=O)CCCC(C)CCCC(C)C. The molecule has 0 fully saturated rings. The van der Waals surface area contributed by atoms with Crippen LogP contribution in [0.1, 0.15) is 98.3 Å². The fourth-order valence-electron chi connectivity index (χ4n) is 2.54. The van der Waals surface area contributed by atoms with Crippen LogP contribution < -0.4 is 0 Å². The maximum atomic E-state index is 11.7. The van der Waals surface area contributed by atoms with Gasteiger partial charge in [0.05, 0.1) is 0 Å². The molecule has 0 bridgehead atoms. The van der Waals surface area contributed by atoms with E-state index in [2.05, 4.69) is 27.7 Å². The summed E-state index contributed by atoms with van der Waals surface area (Å²) in [7, 11) is 0. The average Bonchev–Trinajstić information content (AvgIpc) is 2.34. The Hall–Kier alpha value is -0.330. The van der Waals surface area contributed by atoms with Crippen molar-refractivity contribution in [1.29, 1.82) is 0 Å². The number of rotatable bonds is 13. The van der Waals surface area contributed by atoms with Crippen LogP contribution in [0.3, 0.4) is 0 Å². The van der Waals surface area contributed by atoms with Crippen LogP contribution in [0.2, 0.25) is 0 Å². The molecule has 1 nitrogen and oxygen atoms in total. The van der Waals surface area contributed by atoms with Gasteiger partial charge < -0.3 is 0 Å². The number of unbranched alkanes of at least 4 members (excludes halogenated alkanes) is 3. The van der Waals surface area contributed by atoms with Gasteiger partial charge in [0.25, 0.3) is 0 Å². The van der Waals surface area contributed by atoms with Crippen molar-refractivity contribution in [3.63, 3.8) is 0 Å². The van der Waals surface area contributed by atoms with Gasteiger partial charge in [0, 0.05) is 12.8 Å². The quantitative estimate of drug-likeness (QED) is 0.366. The maximum absolute atomic E-state index is 11.7. The molecule has 0 aliphatic heterocycles. The van der Waals surface area contributed by atoms with E-state index in [4.69, 9.17) is 0 Å². The molecule has 1 unspecified atom stereocenters. The Labute approximate surface area is 121 Å². The Balaban J connectivity index is 3.38. The van der Waals surface area contributed by atoms with Gasteiger partial charge in [-0.2, -0.15) is 0 Å². The molecular formula is C18H36O. The Morgan fingerprint density at radius 3 is 2.05 bits per heavy atom. The first kappa shape index (κ1) is 18.7. The molecule has 0 aromatic carbocycles. The van der Waals surface area contributed by atoms with Gasteiger partial charge in [0.15, 0.2) is 0 Å². The molecule has 0 heterocycles. The third-order valence-electron chi connectivity index (χ3n) is 3.94. The summed E-state index contributed by atoms with van der Waals surface area (Å²) in [6.07, 6.45) is 12.9. The predicted octanol–water partition coefficient (Wildman–Crippen LogP) is 6.16. The van der Waals surface area contributed by atoms with Crippen LogP contribution in [-0.4, -0.2) is 5.78 Å². The summed E-state index contributed by atoms with van der Waals surface area (Å²) in [5, 5.41) is 0. The van der Waals surface area contributed by atoms with Gasteiger partial charge in [-0.25, -0.2) is 0 Å². The van der Waals surface area contributed by atoms with Crippen LogP contribution in [0, 0.1) is 11.8 Å². The van der Waals surface area contributed by atoms with Gasteiger partial charge in [-0.3, -0.25) is 4.79 Å². The second-order valence-corrected chi connectivity index (χ2v) is 6.67. The summed E-state index contributed by atoms with van der Waals surface area (Å²) in [5.41, 5.74) is 0. The molecular weight excluding hydrogens is 232 g/mol. The van der Waals surface area contributed by atoms with E-state index in [1.807, 2.05) is 0 Å². The lowest BCUT2D eigenvalue weighted by Gasteiger charge is -2.11. The molecule has 0 amide bonds. The predicted molar refractivity (Wildman–Crippen MR) is 85.5 cm³/mol. The molecule has 0 radical (unpaired) electrons. The van der Waals surface area contributed by atoms with E-state index in [1.54, 1.807) is 0 Å². The lowest BCUT2D eigenvalue weighted by molar-refractivity contribution is -0.119. The lowest BCUT2D eigenvalue weighted by Crippen LogP contribution is -2.01. The molecule has 0 saturated carbocycles. The van der Waals surface area contributed by atoms with E-state index in [0.29, 0.717) is 5.78 Å². The second kappa shape index (κ2) is 12.7. The topological polar surface area (TPSA) is 17.1 Å². The van der Waals surface area contributed by atoms with Gasteiger partial charge in [-0.15, -0.1) is 0 Å². The molecule has 1 atom stereocenters. The molecule has 0 rings (SSSR count). The van der Waals surface area contributed by atoms with Crippen molar-refractivity contribution in [3.05, 3.63) is 0 Å². The van der Waals surface area contributed by atoms with Crippen LogP contribution in [-0.2, 0) is 4.79 Å². The van der Waals surface area contributed by atoms with Crippen molar-refractivity contribution in [2.75, 3.05) is 0 Å². The highest BCUT2D eigenvalue weighted by Gasteiger charge is 2.06. The fraction of sp³-hybridized carbons (Fsp3) is 0.944. The zero-order valence-corrected chi connectivity index (χ0v) is 13.8. The van der Waals surface area contributed by atoms with E-state index in [0.717, 1.165) is 37.5 Å². The first-order valence-electron chi connectivity index (χ1n) is 8.58. The minimum absolute atomic E-state index is 0.491. The molecule has 0 aliphatic carbocycles. The normalized spacial score (nSPS) is 12.9. The third-order valence-corrected chi connectivity index (χ3v) is 3.94. The van der Waals surface area contributed by atoms with E-state index in [1.165, 1.54) is 44.9 Å². The Kier molecular flexibility index (Phi) is 12.5. The van der Waals surface area contributed by atoms with Gasteiger partial charge in [-0.05, 0) is 24.7 Å². The highest BCUT2D eigenvalue weighted by molar-refractivity contribution is 5.78. The molecule has 0 aromatic heterocycles. The monoisotopic (exact) mass is 268 g/mol. The molecule has 1 heteroatoms. The van der Waals surface area contributed by atoms with E-state index in [-0.39, 0.29) is 0 Å². The van der Waals surface area contributed by atoms with Gasteiger partial charge in [0.2, 0.25) is 0 Å². The Morgan fingerprint density at radius 2 is 1.42 bits per heavy atom. The number of hydrogen-bond acceptors (Lipinski definition) is 1. The fourth-order valence-corrected chi connectivity index (χ4v) is 2.54. The van der Waals surface area contributed by atoms with Crippen LogP contribution in [0.4, 0.5) is 0 Å². The zero-order chi connectivity index (χ0) is 14.5. The Bertz CT molecular complexity index is 208. The minimum atomic E-state index is 0.491. The van der Waals surface area contributed by atoms with Crippen molar-refractivity contribution >= 4 is 5.78 Å². The summed E-state index contributed by atoms with van der Waals surface area (Å²) in [6, 6.07) is 0. The van der Waals surface area contributed by atoms with Gasteiger partial charge >= 0.3 is 0 Å². The number of hydrogen-bond donors (Lipinski definition) is 0. The van der Waals surface area contributed by atoms with Crippen molar-refractivity contribution in [1.82, 2.24) is 0 Å². The number of Topliss-reactive ketones (excluding diaryl/α,β-unsaturated/α-hetero) is 1. The summed E-state index contributed by atoms with van der Waals surface area (Å²) < 4.78 is 0. The average molecular weight is 268 g/mol. The largest absolute Gasteiger partial charge is 0.300 e. The molecule has 0 spiro atoms. The van der Waals surface area contributed by atoms with Crippen LogP contribution in [0.15, 0.2) is 0 Å². The highest BCUT2D eigenvalue weighted by Crippen LogP contribution is 2.18. The summed E-state index contributed by atoms with van der Waals surface area (Å²) in [5.74, 6) is 2.12. The summed E-state index contributed by atoms with van der Waals surface area (Å²) >= 11 is 0. The first-order valence-corrected chi connectivity index (χ1v) is 8.58. The van der Waals surface area contributed by atoms with E-state index in [9.17, 15) is 4.79 Å². The van der Waals surface area contributed by atoms with Crippen molar-refractivity contribution in [2.24, 2.45) is 11.8 Å². The maximum Gasteiger partial charge on any atom is 0.132 e. The number of ketones is 1. The van der Waals surface area contributed by atoms with Crippen LogP contribution in [0.25, 0.3) is 0 Å². The highest BCUT2D eigenvalue weighted by atomic mass is 16.1. The van der Waals surface area contributed by atoms with Crippen LogP contribution in [0.5, 0.6) is 0 Å². The number of carbonyl (C=O) groups excluding carboxylic acids is 1. The van der Waals surface area contributed by atoms with E-state index >= 15 is 0 Å². The smallest absolute Gasteiger partial charge is 0.132 e. The number of carbonyl (C=O) groups is 1. The molecule has 0 N–H and O–H groups in total. The van der Waals surface area contributed by atoms with Crippen molar-refractivity contribution < 1.29 is 4.79 Å². The third kappa shape index (κ3) is 13.9. The summed E-state index contributed by atoms with van der Waals surface area (Å²) in [4.78, 5) is 11.7. The molecule has 0 aromatic rings. The standard InChI is InChI=1S/C18H36O/c1-5-6-7-8-14-18(19)15-10-13-17(4)12-9-11-16(2)3/h16-17H,5-15H2,1-4H3. The summed E-state index contributed by atoms with van der Waals surface area (Å²) in [6.45, 7) is 9.14. The zero-order valence-electron chi connectivity index (χ0n) is 13.8. The molecule has 0 aliphatic rings. The Morgan fingerprint density at radius 1 is 0.789 bits per heavy atom. The molecule has 19 heavy (non-hydrogen) atoms. The van der Waals surface area contributed by atoms with Gasteiger partial charge in [0.1, 0.15) is 5.78 Å². The van der Waals surface area contributed by atoms with E-state index < -0.39 is 0 Å². The van der Waals surface area contributed by atoms with Gasteiger partial charge in [-0.1, -0.05) is 72.6 Å². The lowest BCUT2D eigenvalue weighted by atomic mass is 9.94. The van der Waals surface area contributed by atoms with Crippen molar-refractivity contribution in [2.45, 2.75) is 98.3 Å². The molecule has 114 valence electrons. The minimum Gasteiger partial charge on any atom is -0.300 e. The van der Waals surface area contributed by atoms with Crippen molar-refractivity contribution in [3.8, 4) is 0 Å². The molecule has 0 saturated heterocycles.